The van der Waals surface area contributed by atoms with E-state index in [0.29, 0.717) is 19.4 Å². The van der Waals surface area contributed by atoms with Crippen LogP contribution < -0.4 is 85.9 Å². The number of hydrogen-bond donors (Lipinski definition) is 22. The number of rotatable bonds is 50. The van der Waals surface area contributed by atoms with E-state index in [9.17, 15) is 112 Å². The van der Waals surface area contributed by atoms with Crippen LogP contribution >= 0.6 is 0 Å². The van der Waals surface area contributed by atoms with Crippen LogP contribution in [-0.4, -0.2) is 272 Å². The van der Waals surface area contributed by atoms with Crippen molar-refractivity contribution < 1.29 is 122 Å². The summed E-state index contributed by atoms with van der Waals surface area (Å²) in [7, 11) is 0. The van der Waals surface area contributed by atoms with Gasteiger partial charge in [0.2, 0.25) is 88.6 Å². The van der Waals surface area contributed by atoms with E-state index in [4.69, 9.17) is 21.7 Å². The summed E-state index contributed by atoms with van der Waals surface area (Å²) < 4.78 is 0. The molecule has 0 aromatic carbocycles. The Morgan fingerprint density at radius 3 is 1.36 bits per heavy atom. The standard InChI is InChI=1S/C66H111N17O25/c1-30(2)23-40(77-58(99)41(25-50(93)94)74-47(88)28-70-55(96)35(10)72-56(97)37(15-12-13-21-67)75-54(95)34(9)68)59(100)80-52(33(7)8)63(104)82-53(36(11)85)64(105)81-51(32(5)6)62(103)79-43(29-84)60(101)78-42(24-31(3)4)65(106)83-22-14-16-44(83)61(102)71-26-45(86)69-27-46(87)73-38(17-19-48(89)90)57(98)76-39(66(107)108)18-20-49(91)92/h30-44,51-53,84-85H,12-29,67-68H2,1-11H3,(H,69,86)(H,70,96)(H,71,102)(H,72,97)(H,73,87)(H,74,88)(H,75,95)(H,76,98)(H,77,99)(H,78,101)(H,79,103)(H,80,100)(H,81,105)(H,82,104)(H,89,90)(H,91,92)(H,93,94)(H,107,108)/t34-,35-,36+,37-,38-,39-,40-,41-,42-,43-,44-,51-,52-,53-/m0/s1. The van der Waals surface area contributed by atoms with Gasteiger partial charge in [0, 0.05) is 19.4 Å². The van der Waals surface area contributed by atoms with Crippen LogP contribution in [0.5, 0.6) is 0 Å². The number of unbranched alkanes of at least 4 members (excludes halogenated alkanes) is 1. The van der Waals surface area contributed by atoms with Crippen molar-refractivity contribution in [3.63, 3.8) is 0 Å². The van der Waals surface area contributed by atoms with E-state index in [1.807, 2.05) is 5.32 Å². The molecule has 0 unspecified atom stereocenters. The minimum atomic E-state index is -1.86. The number of carboxylic acid groups (broad SMARTS) is 4. The SMILES string of the molecule is CC(C)C[C@H](NC(=O)[C@H](CC(=O)O)NC(=O)CNC(=O)[C@H](C)NC(=O)[C@H](CCCCN)NC(=O)[C@H](C)N)C(=O)N[C@H](C(=O)N[C@H](C(=O)N[C@H](C(=O)N[C@@H](CO)C(=O)N[C@@H](CC(C)C)C(=O)N1CCC[C@H]1C(=O)NCC(=O)NCC(=O)N[C@@H](CCC(=O)O)C(=O)N[C@@H](CCC(=O)O)C(=O)O)C(C)C)[C@@H](C)O)C(C)C. The molecule has 1 aliphatic rings. The van der Waals surface area contributed by atoms with Crippen LogP contribution in [0.3, 0.4) is 0 Å². The van der Waals surface area contributed by atoms with Crippen LogP contribution in [0.25, 0.3) is 0 Å². The summed E-state index contributed by atoms with van der Waals surface area (Å²) in [5, 5.41) is 91.3. The lowest BCUT2D eigenvalue weighted by Crippen LogP contribution is -2.63. The van der Waals surface area contributed by atoms with E-state index in [1.54, 1.807) is 27.7 Å². The molecule has 0 saturated carbocycles. The first-order valence-electron chi connectivity index (χ1n) is 35.4. The van der Waals surface area contributed by atoms with Crippen molar-refractivity contribution in [3.8, 4) is 0 Å². The number of likely N-dealkylation sites (tertiary alicyclic amines) is 1. The van der Waals surface area contributed by atoms with Crippen LogP contribution in [0.2, 0.25) is 0 Å². The first-order chi connectivity index (χ1) is 50.3. The van der Waals surface area contributed by atoms with Gasteiger partial charge in [-0.1, -0.05) is 55.4 Å². The lowest BCUT2D eigenvalue weighted by Gasteiger charge is -2.31. The summed E-state index contributed by atoms with van der Waals surface area (Å²) >= 11 is 0. The molecule has 14 atom stereocenters. The molecule has 108 heavy (non-hydrogen) atoms. The molecule has 15 amide bonds. The fourth-order valence-corrected chi connectivity index (χ4v) is 10.6. The van der Waals surface area contributed by atoms with Crippen LogP contribution in [0.1, 0.15) is 153 Å². The van der Waals surface area contributed by atoms with Crippen molar-refractivity contribution >= 4 is 112 Å². The number of carboxylic acids is 4. The molecule has 1 rings (SSSR count). The second-order valence-corrected chi connectivity index (χ2v) is 27.7. The summed E-state index contributed by atoms with van der Waals surface area (Å²) in [4.78, 5) is 249. The molecular weight excluding hydrogens is 1430 g/mol. The van der Waals surface area contributed by atoms with Gasteiger partial charge in [-0.25, -0.2) is 4.79 Å². The number of nitrogens with zero attached hydrogens (tertiary/aromatic N) is 1. The number of aliphatic carboxylic acids is 4. The molecule has 0 aliphatic carbocycles. The molecule has 0 bridgehead atoms. The van der Waals surface area contributed by atoms with Crippen LogP contribution in [0.15, 0.2) is 0 Å². The highest BCUT2D eigenvalue weighted by atomic mass is 16.4. The topological polar surface area (TPSA) is 669 Å². The third kappa shape index (κ3) is 35.4. The average molecular weight is 1540 g/mol. The Hall–Kier alpha value is -10.2. The number of carbonyl (C=O) groups is 19. The Morgan fingerprint density at radius 1 is 0.426 bits per heavy atom. The maximum atomic E-state index is 14.3. The number of amides is 15. The zero-order chi connectivity index (χ0) is 82.6. The smallest absolute Gasteiger partial charge is 0.326 e. The lowest BCUT2D eigenvalue weighted by atomic mass is 9.98. The molecule has 42 heteroatoms. The fourth-order valence-electron chi connectivity index (χ4n) is 10.6. The third-order valence-corrected chi connectivity index (χ3v) is 16.5. The lowest BCUT2D eigenvalue weighted by molar-refractivity contribution is -0.144. The summed E-state index contributed by atoms with van der Waals surface area (Å²) in [6.07, 6.45) is -3.81. The van der Waals surface area contributed by atoms with E-state index in [1.165, 1.54) is 41.5 Å². The van der Waals surface area contributed by atoms with Crippen molar-refractivity contribution in [2.45, 2.75) is 238 Å². The van der Waals surface area contributed by atoms with Crippen LogP contribution in [0.4, 0.5) is 0 Å². The quantitative estimate of drug-likeness (QED) is 0.0252. The van der Waals surface area contributed by atoms with Crippen molar-refractivity contribution in [1.82, 2.24) is 79.3 Å². The van der Waals surface area contributed by atoms with Crippen molar-refractivity contribution in [2.24, 2.45) is 35.1 Å². The van der Waals surface area contributed by atoms with Gasteiger partial charge in [0.15, 0.2) is 0 Å². The van der Waals surface area contributed by atoms with Crippen LogP contribution in [0, 0.1) is 23.7 Å². The van der Waals surface area contributed by atoms with Gasteiger partial charge in [-0.05, 0) is 109 Å². The number of nitrogens with one attached hydrogen (secondary N) is 14. The molecule has 42 nitrogen and oxygen atoms in total. The molecule has 1 aliphatic heterocycles. The fraction of sp³-hybridized carbons (Fsp3) is 0.712. The van der Waals surface area contributed by atoms with E-state index in [0.717, 1.165) is 11.8 Å². The Morgan fingerprint density at radius 2 is 0.852 bits per heavy atom. The van der Waals surface area contributed by atoms with Gasteiger partial charge in [-0.15, -0.1) is 0 Å². The van der Waals surface area contributed by atoms with Gasteiger partial charge in [0.05, 0.1) is 44.8 Å². The maximum absolute atomic E-state index is 14.3. The molecule has 1 saturated heterocycles. The van der Waals surface area contributed by atoms with E-state index < -0.39 is 267 Å². The Bertz CT molecular complexity index is 3170. The number of aliphatic hydroxyl groups excluding tert-OH is 2. The molecule has 0 radical (unpaired) electrons. The van der Waals surface area contributed by atoms with Gasteiger partial charge in [-0.2, -0.15) is 0 Å². The second kappa shape index (κ2) is 48.1. The normalized spacial score (nSPS) is 16.2. The third-order valence-electron chi connectivity index (χ3n) is 16.5. The van der Waals surface area contributed by atoms with Gasteiger partial charge in [-0.3, -0.25) is 86.3 Å². The van der Waals surface area contributed by atoms with Crippen molar-refractivity contribution in [2.75, 3.05) is 39.3 Å². The molecule has 0 spiro atoms. The highest BCUT2D eigenvalue weighted by Crippen LogP contribution is 2.21. The number of carbonyl (C=O) groups excluding carboxylic acids is 15. The van der Waals surface area contributed by atoms with Gasteiger partial charge in [0.25, 0.3) is 0 Å². The van der Waals surface area contributed by atoms with E-state index >= 15 is 0 Å². The Labute approximate surface area is 623 Å². The summed E-state index contributed by atoms with van der Waals surface area (Å²) in [6, 6.07) is -19.4. The van der Waals surface area contributed by atoms with Gasteiger partial charge >= 0.3 is 23.9 Å². The van der Waals surface area contributed by atoms with Gasteiger partial charge in [0.1, 0.15) is 72.5 Å². The van der Waals surface area contributed by atoms with Crippen molar-refractivity contribution in [3.05, 3.63) is 0 Å². The zero-order valence-electron chi connectivity index (χ0n) is 62.7. The number of nitrogens with two attached hydrogens (primary N) is 2. The van der Waals surface area contributed by atoms with Crippen LogP contribution in [-0.2, 0) is 91.1 Å². The zero-order valence-corrected chi connectivity index (χ0v) is 62.7. The first kappa shape index (κ1) is 95.8. The predicted molar refractivity (Wildman–Crippen MR) is 378 cm³/mol. The average Bonchev–Trinajstić information content (AvgIpc) is 0.954. The molecule has 1 heterocycles. The summed E-state index contributed by atoms with van der Waals surface area (Å²) in [5.41, 5.74) is 11.2. The second-order valence-electron chi connectivity index (χ2n) is 27.7. The van der Waals surface area contributed by atoms with Gasteiger partial charge < -0.3 is 121 Å². The number of aliphatic hydroxyl groups is 2. The molecule has 1 fully saturated rings. The maximum Gasteiger partial charge on any atom is 0.326 e. The highest BCUT2D eigenvalue weighted by Gasteiger charge is 2.41. The molecular formula is C66H111N17O25. The largest absolute Gasteiger partial charge is 0.481 e. The van der Waals surface area contributed by atoms with Crippen molar-refractivity contribution in [1.29, 1.82) is 0 Å². The monoisotopic (exact) mass is 1540 g/mol. The van der Waals surface area contributed by atoms with E-state index in [-0.39, 0.29) is 50.5 Å². The first-order valence-corrected chi connectivity index (χ1v) is 35.4. The minimum absolute atomic E-state index is 0.00530. The molecule has 610 valence electrons. The highest BCUT2D eigenvalue weighted by molar-refractivity contribution is 6.01. The summed E-state index contributed by atoms with van der Waals surface area (Å²) in [5.74, 6) is -22.8. The Balaban J connectivity index is 3.20. The molecule has 0 aromatic heterocycles. The Kier molecular flexibility index (Phi) is 42.7. The molecule has 0 aromatic rings. The molecule has 24 N–H and O–H groups in total. The summed E-state index contributed by atoms with van der Waals surface area (Å²) in [6.45, 7) is 13.3. The minimum Gasteiger partial charge on any atom is -0.481 e. The predicted octanol–water partition coefficient (Wildman–Crippen LogP) is -7.78. The van der Waals surface area contributed by atoms with E-state index in [2.05, 4.69) is 69.1 Å². The number of hydrogen-bond acceptors (Lipinski definition) is 23.